The number of amides is 1. The van der Waals surface area contributed by atoms with E-state index in [0.29, 0.717) is 11.3 Å². The van der Waals surface area contributed by atoms with Gasteiger partial charge in [-0.3, -0.25) is 4.79 Å². The molecule has 0 saturated heterocycles. The fraction of sp³-hybridized carbons (Fsp3) is 0.350. The van der Waals surface area contributed by atoms with Crippen LogP contribution in [0.15, 0.2) is 30.3 Å². The van der Waals surface area contributed by atoms with E-state index in [1.807, 2.05) is 0 Å². The third-order valence-electron chi connectivity index (χ3n) is 4.49. The first-order valence-corrected chi connectivity index (χ1v) is 9.55. The van der Waals surface area contributed by atoms with Crippen LogP contribution in [0.3, 0.4) is 0 Å². The zero-order valence-corrected chi connectivity index (χ0v) is 17.3. The van der Waals surface area contributed by atoms with Gasteiger partial charge < -0.3 is 19.1 Å². The van der Waals surface area contributed by atoms with E-state index in [2.05, 4.69) is 4.74 Å². The fourth-order valence-corrected chi connectivity index (χ4v) is 3.64. The molecule has 2 aromatic rings. The van der Waals surface area contributed by atoms with E-state index in [-0.39, 0.29) is 40.0 Å². The Bertz CT molecular complexity index is 883. The Morgan fingerprint density at radius 1 is 1.10 bits per heavy atom. The summed E-state index contributed by atoms with van der Waals surface area (Å²) in [6.45, 7) is -2.68. The van der Waals surface area contributed by atoms with Crippen molar-refractivity contribution in [1.29, 1.82) is 0 Å². The smallest absolute Gasteiger partial charge is 0.387 e. The Morgan fingerprint density at radius 2 is 1.76 bits per heavy atom. The summed E-state index contributed by atoms with van der Waals surface area (Å²) in [5, 5.41) is 0.489. The molecule has 9 heteroatoms. The van der Waals surface area contributed by atoms with Crippen LogP contribution in [-0.2, 0) is 6.54 Å². The molecule has 5 nitrogen and oxygen atoms in total. The van der Waals surface area contributed by atoms with Gasteiger partial charge in [-0.15, -0.1) is 0 Å². The van der Waals surface area contributed by atoms with E-state index in [1.165, 1.54) is 32.4 Å². The van der Waals surface area contributed by atoms with E-state index >= 15 is 0 Å². The molecule has 0 atom stereocenters. The summed E-state index contributed by atoms with van der Waals surface area (Å²) in [6, 6.07) is 7.72. The number of carbonyl (C=O) groups is 1. The van der Waals surface area contributed by atoms with Crippen LogP contribution in [0.25, 0.3) is 0 Å². The van der Waals surface area contributed by atoms with Crippen LogP contribution >= 0.6 is 23.2 Å². The molecule has 0 N–H and O–H groups in total. The zero-order chi connectivity index (χ0) is 21.1. The van der Waals surface area contributed by atoms with E-state index in [4.69, 9.17) is 32.7 Å². The van der Waals surface area contributed by atoms with Gasteiger partial charge in [0.1, 0.15) is 0 Å². The number of rotatable bonds is 8. The number of hydrogen-bond acceptors (Lipinski definition) is 4. The molecule has 1 amide bonds. The minimum atomic E-state index is -2.95. The minimum Gasteiger partial charge on any atom is -0.494 e. The number of methoxy groups -OCH3 is 2. The summed E-state index contributed by atoms with van der Waals surface area (Å²) in [5.74, 6) is 0.179. The molecule has 3 rings (SSSR count). The van der Waals surface area contributed by atoms with Crippen LogP contribution in [0.5, 0.6) is 17.2 Å². The quantitative estimate of drug-likeness (QED) is 0.544. The van der Waals surface area contributed by atoms with Crippen molar-refractivity contribution in [3.8, 4) is 17.2 Å². The number of benzene rings is 2. The maximum atomic E-state index is 13.1. The highest BCUT2D eigenvalue weighted by Crippen LogP contribution is 2.37. The van der Waals surface area contributed by atoms with Crippen LogP contribution in [-0.4, -0.2) is 37.7 Å². The van der Waals surface area contributed by atoms with Crippen molar-refractivity contribution in [2.24, 2.45) is 0 Å². The van der Waals surface area contributed by atoms with Crippen molar-refractivity contribution in [3.05, 3.63) is 51.5 Å². The van der Waals surface area contributed by atoms with Crippen LogP contribution in [0, 0.1) is 0 Å². The Hall–Kier alpha value is -2.25. The fourth-order valence-electron chi connectivity index (χ4n) is 3.00. The van der Waals surface area contributed by atoms with Crippen molar-refractivity contribution in [1.82, 2.24) is 4.90 Å². The topological polar surface area (TPSA) is 48.0 Å². The van der Waals surface area contributed by atoms with Gasteiger partial charge in [0, 0.05) is 18.2 Å². The van der Waals surface area contributed by atoms with Gasteiger partial charge in [-0.1, -0.05) is 29.3 Å². The standard InChI is InChI=1S/C20H19Cl2F2NO4/c1-27-17-7-11(3-6-16(17)29-20(23)24)10-25(13-4-5-13)19(26)12-8-14(21)18(28-2)15(22)9-12/h3,6-9,13,20H,4-5,10H2,1-2H3. The van der Waals surface area contributed by atoms with Gasteiger partial charge in [0.15, 0.2) is 17.2 Å². The molecule has 1 fully saturated rings. The molecule has 29 heavy (non-hydrogen) atoms. The van der Waals surface area contributed by atoms with E-state index < -0.39 is 6.61 Å². The monoisotopic (exact) mass is 445 g/mol. The predicted octanol–water partition coefficient (Wildman–Crippen LogP) is 5.42. The molecule has 1 aliphatic carbocycles. The SMILES string of the molecule is COc1cc(CN(C(=O)c2cc(Cl)c(OC)c(Cl)c2)C2CC2)ccc1OC(F)F. The second-order valence-corrected chi connectivity index (χ2v) is 7.32. The van der Waals surface area contributed by atoms with E-state index in [1.54, 1.807) is 17.0 Å². The van der Waals surface area contributed by atoms with Gasteiger partial charge in [0.05, 0.1) is 24.3 Å². The third-order valence-corrected chi connectivity index (χ3v) is 5.06. The maximum Gasteiger partial charge on any atom is 0.387 e. The van der Waals surface area contributed by atoms with Crippen LogP contribution in [0.1, 0.15) is 28.8 Å². The summed E-state index contributed by atoms with van der Waals surface area (Å²) >= 11 is 12.3. The second-order valence-electron chi connectivity index (χ2n) is 6.50. The maximum absolute atomic E-state index is 13.1. The number of hydrogen-bond donors (Lipinski definition) is 0. The molecule has 2 aromatic carbocycles. The number of carbonyl (C=O) groups excluding carboxylic acids is 1. The number of nitrogens with zero attached hydrogens (tertiary/aromatic N) is 1. The van der Waals surface area contributed by atoms with Gasteiger partial charge in [-0.2, -0.15) is 8.78 Å². The number of alkyl halides is 2. The van der Waals surface area contributed by atoms with Crippen molar-refractivity contribution < 1.29 is 27.8 Å². The van der Waals surface area contributed by atoms with Gasteiger partial charge in [0.25, 0.3) is 5.91 Å². The van der Waals surface area contributed by atoms with Gasteiger partial charge >= 0.3 is 6.61 Å². The lowest BCUT2D eigenvalue weighted by atomic mass is 10.1. The molecule has 0 unspecified atom stereocenters. The largest absolute Gasteiger partial charge is 0.494 e. The average molecular weight is 446 g/mol. The summed E-state index contributed by atoms with van der Waals surface area (Å²) < 4.78 is 39.7. The highest BCUT2D eigenvalue weighted by atomic mass is 35.5. The first-order chi connectivity index (χ1) is 13.8. The Kier molecular flexibility index (Phi) is 6.70. The van der Waals surface area contributed by atoms with Crippen LogP contribution < -0.4 is 14.2 Å². The highest BCUT2D eigenvalue weighted by molar-refractivity contribution is 6.37. The Labute approximate surface area is 177 Å². The Morgan fingerprint density at radius 3 is 2.28 bits per heavy atom. The lowest BCUT2D eigenvalue weighted by Crippen LogP contribution is -2.32. The van der Waals surface area contributed by atoms with Crippen LogP contribution in [0.4, 0.5) is 8.78 Å². The van der Waals surface area contributed by atoms with Gasteiger partial charge in [-0.05, 0) is 42.7 Å². The molecule has 0 aromatic heterocycles. The summed E-state index contributed by atoms with van der Waals surface area (Å²) in [4.78, 5) is 14.8. The Balaban J connectivity index is 1.85. The molecule has 1 saturated carbocycles. The van der Waals surface area contributed by atoms with Crippen molar-refractivity contribution in [3.63, 3.8) is 0 Å². The van der Waals surface area contributed by atoms with Crippen molar-refractivity contribution >= 4 is 29.1 Å². The minimum absolute atomic E-state index is 0.0655. The first-order valence-electron chi connectivity index (χ1n) is 8.79. The van der Waals surface area contributed by atoms with E-state index in [9.17, 15) is 13.6 Å². The van der Waals surface area contributed by atoms with Gasteiger partial charge in [0.2, 0.25) is 0 Å². The molecule has 0 radical (unpaired) electrons. The summed E-state index contributed by atoms with van der Waals surface area (Å²) in [5.41, 5.74) is 1.06. The van der Waals surface area contributed by atoms with Crippen molar-refractivity contribution in [2.75, 3.05) is 14.2 Å². The van der Waals surface area contributed by atoms with Gasteiger partial charge in [-0.25, -0.2) is 0 Å². The predicted molar refractivity (Wildman–Crippen MR) is 106 cm³/mol. The average Bonchev–Trinajstić information content (AvgIpc) is 3.51. The second kappa shape index (κ2) is 9.05. The van der Waals surface area contributed by atoms with E-state index in [0.717, 1.165) is 18.4 Å². The van der Waals surface area contributed by atoms with Crippen molar-refractivity contribution in [2.45, 2.75) is 32.0 Å². The summed E-state index contributed by atoms with van der Waals surface area (Å²) in [6.07, 6.45) is 1.76. The molecule has 0 heterocycles. The normalized spacial score (nSPS) is 13.3. The number of ether oxygens (including phenoxy) is 3. The number of halogens is 4. The zero-order valence-electron chi connectivity index (χ0n) is 15.8. The molecule has 156 valence electrons. The lowest BCUT2D eigenvalue weighted by molar-refractivity contribution is -0.0512. The molecular weight excluding hydrogens is 427 g/mol. The molecular formula is C20H19Cl2F2NO4. The molecule has 1 aliphatic rings. The van der Waals surface area contributed by atoms with Crippen LogP contribution in [0.2, 0.25) is 10.0 Å². The highest BCUT2D eigenvalue weighted by Gasteiger charge is 2.33. The first kappa shape index (κ1) is 21.5. The molecule has 0 aliphatic heterocycles. The molecule has 0 bridgehead atoms. The third kappa shape index (κ3) is 5.03. The molecule has 0 spiro atoms. The summed E-state index contributed by atoms with van der Waals surface area (Å²) in [7, 11) is 2.81. The lowest BCUT2D eigenvalue weighted by Gasteiger charge is -2.24.